The van der Waals surface area contributed by atoms with Crippen molar-refractivity contribution < 1.29 is 13.0 Å². The number of unbranched alkanes of at least 4 members (excludes halogenated alkanes) is 6. The molecule has 0 aliphatic rings. The van der Waals surface area contributed by atoms with Crippen LogP contribution in [0.1, 0.15) is 76.3 Å². The number of aryl methyl sites for hydroxylation is 2. The molecule has 0 unspecified atom stereocenters. The minimum absolute atomic E-state index is 0.0472. The summed E-state index contributed by atoms with van der Waals surface area (Å²) in [4.78, 5) is 0.0472. The van der Waals surface area contributed by atoms with E-state index in [0.717, 1.165) is 36.8 Å². The number of hydrogen-bond acceptors (Lipinski definition) is 2. The number of rotatable bonds is 11. The summed E-state index contributed by atoms with van der Waals surface area (Å²) in [6, 6.07) is 5.35. The molecule has 0 spiro atoms. The molecule has 0 amide bonds. The molecule has 0 heterocycles. The zero-order valence-corrected chi connectivity index (χ0v) is 14.8. The van der Waals surface area contributed by atoms with E-state index in [1.807, 2.05) is 0 Å². The molecule has 1 N–H and O–H groups in total. The van der Waals surface area contributed by atoms with E-state index in [1.54, 1.807) is 12.1 Å². The van der Waals surface area contributed by atoms with Gasteiger partial charge in [0.05, 0.1) is 4.90 Å². The van der Waals surface area contributed by atoms with Crippen LogP contribution >= 0.6 is 0 Å². The summed E-state index contributed by atoms with van der Waals surface area (Å²) >= 11 is 0. The summed E-state index contributed by atoms with van der Waals surface area (Å²) in [5.41, 5.74) is 2.05. The summed E-state index contributed by atoms with van der Waals surface area (Å²) in [7, 11) is -4.12. The molecule has 0 aliphatic heterocycles. The van der Waals surface area contributed by atoms with Gasteiger partial charge in [0, 0.05) is 0 Å². The highest BCUT2D eigenvalue weighted by molar-refractivity contribution is 7.85. The van der Waals surface area contributed by atoms with Gasteiger partial charge in [0.25, 0.3) is 10.1 Å². The lowest BCUT2D eigenvalue weighted by Crippen LogP contribution is -2.02. The fraction of sp³-hybridized carbons (Fsp3) is 0.667. The van der Waals surface area contributed by atoms with Gasteiger partial charge in [0.2, 0.25) is 0 Å². The molecule has 4 heteroatoms. The Labute approximate surface area is 135 Å². The largest absolute Gasteiger partial charge is 0.294 e. The number of benzene rings is 1. The molecule has 1 rings (SSSR count). The molecule has 0 saturated heterocycles. The Morgan fingerprint density at radius 1 is 0.773 bits per heavy atom. The molecule has 0 radical (unpaired) electrons. The normalized spacial score (nSPS) is 11.8. The molecule has 0 saturated carbocycles. The van der Waals surface area contributed by atoms with Crippen molar-refractivity contribution in [1.82, 2.24) is 0 Å². The van der Waals surface area contributed by atoms with E-state index in [0.29, 0.717) is 0 Å². The second-order valence-corrected chi connectivity index (χ2v) is 7.50. The Bertz CT molecular complexity index is 505. The van der Waals surface area contributed by atoms with E-state index >= 15 is 0 Å². The van der Waals surface area contributed by atoms with Crippen LogP contribution in [0.25, 0.3) is 0 Å². The predicted octanol–water partition coefficient (Wildman–Crippen LogP) is 5.18. The summed E-state index contributed by atoms with van der Waals surface area (Å²) < 4.78 is 32.2. The highest BCUT2D eigenvalue weighted by Gasteiger charge is 2.12. The van der Waals surface area contributed by atoms with Crippen LogP contribution in [-0.2, 0) is 23.0 Å². The van der Waals surface area contributed by atoms with Crippen molar-refractivity contribution in [3.8, 4) is 0 Å². The van der Waals surface area contributed by atoms with E-state index in [1.165, 1.54) is 38.5 Å². The Balaban J connectivity index is 2.77. The average molecular weight is 327 g/mol. The third-order valence-electron chi connectivity index (χ3n) is 3.96. The molecule has 1 aromatic rings. The Kier molecular flexibility index (Phi) is 8.72. The zero-order valence-electron chi connectivity index (χ0n) is 14.0. The van der Waals surface area contributed by atoms with Crippen molar-refractivity contribution in [3.63, 3.8) is 0 Å². The fourth-order valence-electron chi connectivity index (χ4n) is 2.68. The van der Waals surface area contributed by atoms with Gasteiger partial charge in [-0.25, -0.2) is 0 Å². The standard InChI is InChI=1S/C18H30O3S/c1-3-5-7-9-11-16-13-17(12-10-8-6-4-2)15-18(14-16)22(19,20)21/h13-15H,3-12H2,1-2H3,(H,19,20,21). The van der Waals surface area contributed by atoms with Crippen LogP contribution in [0.15, 0.2) is 23.1 Å². The molecule has 0 fully saturated rings. The molecular weight excluding hydrogens is 296 g/mol. The smallest absolute Gasteiger partial charge is 0.282 e. The van der Waals surface area contributed by atoms with Crippen LogP contribution in [0.4, 0.5) is 0 Å². The monoisotopic (exact) mass is 326 g/mol. The van der Waals surface area contributed by atoms with Gasteiger partial charge in [0.15, 0.2) is 0 Å². The lowest BCUT2D eigenvalue weighted by atomic mass is 10.0. The van der Waals surface area contributed by atoms with Gasteiger partial charge >= 0.3 is 0 Å². The Morgan fingerprint density at radius 3 is 1.59 bits per heavy atom. The third kappa shape index (κ3) is 7.41. The zero-order chi connectivity index (χ0) is 16.4. The van der Waals surface area contributed by atoms with Gasteiger partial charge in [-0.3, -0.25) is 4.55 Å². The first-order valence-electron chi connectivity index (χ1n) is 8.57. The van der Waals surface area contributed by atoms with E-state index in [9.17, 15) is 13.0 Å². The third-order valence-corrected chi connectivity index (χ3v) is 4.79. The first-order chi connectivity index (χ1) is 10.5. The second-order valence-electron chi connectivity index (χ2n) is 6.08. The van der Waals surface area contributed by atoms with Gasteiger partial charge < -0.3 is 0 Å². The number of hydrogen-bond donors (Lipinski definition) is 1. The van der Waals surface area contributed by atoms with Crippen molar-refractivity contribution in [3.05, 3.63) is 29.3 Å². The van der Waals surface area contributed by atoms with Crippen LogP contribution in [0, 0.1) is 0 Å². The van der Waals surface area contributed by atoms with Crippen molar-refractivity contribution >= 4 is 10.1 Å². The first kappa shape index (κ1) is 19.2. The first-order valence-corrected chi connectivity index (χ1v) is 10.0. The van der Waals surface area contributed by atoms with Crippen molar-refractivity contribution in [2.75, 3.05) is 0 Å². The van der Waals surface area contributed by atoms with E-state index < -0.39 is 10.1 Å². The van der Waals surface area contributed by atoms with Crippen LogP contribution in [-0.4, -0.2) is 13.0 Å². The van der Waals surface area contributed by atoms with Gasteiger partial charge in [0.1, 0.15) is 0 Å². The van der Waals surface area contributed by atoms with Gasteiger partial charge in [-0.05, 0) is 48.9 Å². The van der Waals surface area contributed by atoms with Gasteiger partial charge in [-0.15, -0.1) is 0 Å². The van der Waals surface area contributed by atoms with Crippen molar-refractivity contribution in [1.29, 1.82) is 0 Å². The summed E-state index contributed by atoms with van der Waals surface area (Å²) in [5.74, 6) is 0. The second kappa shape index (κ2) is 10.0. The average Bonchev–Trinajstić information content (AvgIpc) is 2.47. The predicted molar refractivity (Wildman–Crippen MR) is 91.9 cm³/mol. The Morgan fingerprint density at radius 2 is 1.23 bits per heavy atom. The van der Waals surface area contributed by atoms with Crippen molar-refractivity contribution in [2.45, 2.75) is 83.0 Å². The van der Waals surface area contributed by atoms with Crippen LogP contribution < -0.4 is 0 Å². The molecule has 1 aromatic carbocycles. The summed E-state index contributed by atoms with van der Waals surface area (Å²) in [6.45, 7) is 4.35. The molecule has 3 nitrogen and oxygen atoms in total. The quantitative estimate of drug-likeness (QED) is 0.450. The van der Waals surface area contributed by atoms with Crippen LogP contribution in [0.3, 0.4) is 0 Å². The summed E-state index contributed by atoms with van der Waals surface area (Å²) in [5, 5.41) is 0. The van der Waals surface area contributed by atoms with Crippen LogP contribution in [0.2, 0.25) is 0 Å². The fourth-order valence-corrected chi connectivity index (χ4v) is 3.28. The van der Waals surface area contributed by atoms with E-state index in [-0.39, 0.29) is 4.90 Å². The molecule has 126 valence electrons. The molecule has 0 atom stereocenters. The maximum Gasteiger partial charge on any atom is 0.294 e. The van der Waals surface area contributed by atoms with Crippen LogP contribution in [0.5, 0.6) is 0 Å². The summed E-state index contributed by atoms with van der Waals surface area (Å²) in [6.07, 6.45) is 11.0. The molecular formula is C18H30O3S. The molecule has 0 bridgehead atoms. The highest BCUT2D eigenvalue weighted by Crippen LogP contribution is 2.19. The van der Waals surface area contributed by atoms with E-state index in [2.05, 4.69) is 19.9 Å². The highest BCUT2D eigenvalue weighted by atomic mass is 32.2. The Hall–Kier alpha value is -0.870. The lowest BCUT2D eigenvalue weighted by molar-refractivity contribution is 0.483. The van der Waals surface area contributed by atoms with E-state index in [4.69, 9.17) is 0 Å². The molecule has 0 aromatic heterocycles. The lowest BCUT2D eigenvalue weighted by Gasteiger charge is -2.09. The minimum atomic E-state index is -4.12. The maximum atomic E-state index is 11.4. The van der Waals surface area contributed by atoms with Gasteiger partial charge in [-0.1, -0.05) is 58.4 Å². The minimum Gasteiger partial charge on any atom is -0.282 e. The molecule has 0 aliphatic carbocycles. The maximum absolute atomic E-state index is 11.4. The van der Waals surface area contributed by atoms with Gasteiger partial charge in [-0.2, -0.15) is 8.42 Å². The van der Waals surface area contributed by atoms with Crippen molar-refractivity contribution in [2.24, 2.45) is 0 Å². The topological polar surface area (TPSA) is 54.4 Å². The SMILES string of the molecule is CCCCCCc1cc(CCCCCC)cc(S(=O)(=O)O)c1. The molecule has 22 heavy (non-hydrogen) atoms.